The largest absolute Gasteiger partial charge is 0.506 e. The molecule has 0 saturated heterocycles. The molecule has 1 N–H and O–H groups in total. The van der Waals surface area contributed by atoms with Gasteiger partial charge in [-0.25, -0.2) is 9.97 Å². The van der Waals surface area contributed by atoms with Crippen LogP contribution in [0, 0.1) is 0 Å². The third-order valence-corrected chi connectivity index (χ3v) is 3.56. The Kier molecular flexibility index (Phi) is 3.16. The van der Waals surface area contributed by atoms with Gasteiger partial charge in [0.25, 0.3) is 0 Å². The van der Waals surface area contributed by atoms with E-state index in [-0.39, 0.29) is 5.75 Å². The number of phenols is 1. The maximum Gasteiger partial charge on any atom is 0.200 e. The van der Waals surface area contributed by atoms with E-state index in [0.717, 1.165) is 10.9 Å². The molecule has 0 saturated carbocycles. The first kappa shape index (κ1) is 13.3. The van der Waals surface area contributed by atoms with Crippen LogP contribution in [0.25, 0.3) is 33.7 Å². The van der Waals surface area contributed by atoms with Crippen molar-refractivity contribution < 1.29 is 5.11 Å². The lowest BCUT2D eigenvalue weighted by atomic mass is 10.1. The third-order valence-electron chi connectivity index (χ3n) is 3.56. The molecule has 2 heterocycles. The number of fused-ring (bicyclic) bond motifs is 1. The second kappa shape index (κ2) is 5.46. The van der Waals surface area contributed by atoms with Crippen molar-refractivity contribution in [3.05, 3.63) is 66.9 Å². The van der Waals surface area contributed by atoms with Gasteiger partial charge in [0.2, 0.25) is 0 Å². The van der Waals surface area contributed by atoms with Crippen molar-refractivity contribution in [1.29, 1.82) is 0 Å². The molecule has 0 radical (unpaired) electrons. The van der Waals surface area contributed by atoms with E-state index in [0.29, 0.717) is 22.7 Å². The Morgan fingerprint density at radius 1 is 0.739 bits per heavy atom. The average Bonchev–Trinajstić information content (AvgIpc) is 2.63. The summed E-state index contributed by atoms with van der Waals surface area (Å²) < 4.78 is 0. The fraction of sp³-hybridized carbons (Fsp3) is 0. The van der Waals surface area contributed by atoms with E-state index >= 15 is 0 Å². The topological polar surface area (TPSA) is 71.8 Å². The number of benzene rings is 2. The maximum absolute atomic E-state index is 9.92. The number of aromatic hydroxyl groups is 1. The highest BCUT2D eigenvalue weighted by atomic mass is 16.3. The number of phenolic OH excluding ortho intramolecular Hbond substituents is 1. The fourth-order valence-corrected chi connectivity index (χ4v) is 2.39. The fourth-order valence-electron chi connectivity index (χ4n) is 2.39. The van der Waals surface area contributed by atoms with Crippen LogP contribution < -0.4 is 0 Å². The lowest BCUT2D eigenvalue weighted by Gasteiger charge is -2.04. The van der Waals surface area contributed by atoms with Gasteiger partial charge in [-0.15, -0.1) is 10.2 Å². The zero-order valence-corrected chi connectivity index (χ0v) is 12.1. The summed E-state index contributed by atoms with van der Waals surface area (Å²) in [6.07, 6.45) is 1.67. The minimum absolute atomic E-state index is 0.137. The molecule has 0 fully saturated rings. The molecule has 0 aliphatic carbocycles. The summed E-state index contributed by atoms with van der Waals surface area (Å²) >= 11 is 0. The molecule has 5 nitrogen and oxygen atoms in total. The molecular weight excluding hydrogens is 288 g/mol. The van der Waals surface area contributed by atoms with E-state index in [1.54, 1.807) is 18.3 Å². The van der Waals surface area contributed by atoms with Gasteiger partial charge in [-0.2, -0.15) is 0 Å². The second-order valence-electron chi connectivity index (χ2n) is 5.08. The lowest BCUT2D eigenvalue weighted by molar-refractivity contribution is 0.480. The molecule has 0 amide bonds. The molecule has 23 heavy (non-hydrogen) atoms. The molecule has 0 bridgehead atoms. The zero-order chi connectivity index (χ0) is 15.6. The van der Waals surface area contributed by atoms with Gasteiger partial charge in [-0.1, -0.05) is 48.5 Å². The van der Waals surface area contributed by atoms with Crippen molar-refractivity contribution in [1.82, 2.24) is 20.2 Å². The highest BCUT2D eigenvalue weighted by Crippen LogP contribution is 2.25. The van der Waals surface area contributed by atoms with Gasteiger partial charge < -0.3 is 5.11 Å². The number of rotatable bonds is 2. The van der Waals surface area contributed by atoms with Crippen LogP contribution in [0.5, 0.6) is 5.75 Å². The molecule has 4 rings (SSSR count). The Morgan fingerprint density at radius 2 is 1.61 bits per heavy atom. The first-order chi connectivity index (χ1) is 11.3. The Morgan fingerprint density at radius 3 is 2.39 bits per heavy atom. The maximum atomic E-state index is 9.92. The van der Waals surface area contributed by atoms with Crippen molar-refractivity contribution in [2.45, 2.75) is 0 Å². The SMILES string of the molecule is Oc1cccc2ccc(-c3ncc(-c4ccccc4)nn3)nc12. The molecular formula is C18H12N4O. The summed E-state index contributed by atoms with van der Waals surface area (Å²) in [5.41, 5.74) is 2.77. The molecule has 2 aromatic carbocycles. The Bertz CT molecular complexity index is 969. The predicted molar refractivity (Wildman–Crippen MR) is 87.7 cm³/mol. The third kappa shape index (κ3) is 2.48. The Hall–Kier alpha value is -3.34. The lowest BCUT2D eigenvalue weighted by Crippen LogP contribution is -1.96. The molecule has 110 valence electrons. The molecule has 0 aliphatic rings. The molecule has 5 heteroatoms. The number of hydrogen-bond acceptors (Lipinski definition) is 5. The van der Waals surface area contributed by atoms with Crippen molar-refractivity contribution in [2.24, 2.45) is 0 Å². The molecule has 0 aliphatic heterocycles. The van der Waals surface area contributed by atoms with E-state index in [1.165, 1.54) is 0 Å². The molecule has 0 spiro atoms. The first-order valence-electron chi connectivity index (χ1n) is 7.15. The highest BCUT2D eigenvalue weighted by molar-refractivity contribution is 5.85. The normalized spacial score (nSPS) is 10.8. The quantitative estimate of drug-likeness (QED) is 0.614. The number of para-hydroxylation sites is 1. The summed E-state index contributed by atoms with van der Waals surface area (Å²) in [4.78, 5) is 8.78. The van der Waals surface area contributed by atoms with Gasteiger partial charge in [-0.05, 0) is 12.1 Å². The summed E-state index contributed by atoms with van der Waals surface area (Å²) in [7, 11) is 0. The van der Waals surface area contributed by atoms with Gasteiger partial charge in [-0.3, -0.25) is 0 Å². The zero-order valence-electron chi connectivity index (χ0n) is 12.1. The number of hydrogen-bond donors (Lipinski definition) is 1. The number of aromatic nitrogens is 4. The summed E-state index contributed by atoms with van der Waals surface area (Å²) in [5.74, 6) is 0.563. The highest BCUT2D eigenvalue weighted by Gasteiger charge is 2.08. The van der Waals surface area contributed by atoms with Crippen LogP contribution in [0.4, 0.5) is 0 Å². The summed E-state index contributed by atoms with van der Waals surface area (Å²) in [6, 6.07) is 18.7. The van der Waals surface area contributed by atoms with Crippen LogP contribution in [-0.2, 0) is 0 Å². The predicted octanol–water partition coefficient (Wildman–Crippen LogP) is 3.46. The number of pyridine rings is 1. The summed E-state index contributed by atoms with van der Waals surface area (Å²) in [5, 5.41) is 19.1. The standard InChI is InChI=1S/C18H12N4O/c23-16-8-4-7-13-9-10-14(20-17(13)16)18-19-11-15(21-22-18)12-5-2-1-3-6-12/h1-11,23H. The van der Waals surface area contributed by atoms with Gasteiger partial charge in [0.1, 0.15) is 22.7 Å². The van der Waals surface area contributed by atoms with Gasteiger partial charge in [0.15, 0.2) is 5.82 Å². The molecule has 2 aromatic heterocycles. The summed E-state index contributed by atoms with van der Waals surface area (Å²) in [6.45, 7) is 0. The molecule has 4 aromatic rings. The Balaban J connectivity index is 1.75. The molecule has 0 unspecified atom stereocenters. The van der Waals surface area contributed by atoms with Crippen LogP contribution in [-0.4, -0.2) is 25.3 Å². The minimum atomic E-state index is 0.137. The van der Waals surface area contributed by atoms with Crippen molar-refractivity contribution in [3.8, 4) is 28.5 Å². The van der Waals surface area contributed by atoms with Crippen molar-refractivity contribution in [2.75, 3.05) is 0 Å². The monoisotopic (exact) mass is 300 g/mol. The smallest absolute Gasteiger partial charge is 0.200 e. The Labute approximate surface area is 132 Å². The van der Waals surface area contributed by atoms with Gasteiger partial charge in [0.05, 0.1) is 6.20 Å². The first-order valence-corrected chi connectivity index (χ1v) is 7.15. The number of nitrogens with zero attached hydrogens (tertiary/aromatic N) is 4. The van der Waals surface area contributed by atoms with E-state index in [2.05, 4.69) is 20.2 Å². The van der Waals surface area contributed by atoms with Crippen LogP contribution in [0.1, 0.15) is 0 Å². The van der Waals surface area contributed by atoms with Crippen LogP contribution in [0.15, 0.2) is 66.9 Å². The molecule has 0 atom stereocenters. The average molecular weight is 300 g/mol. The van der Waals surface area contributed by atoms with Crippen LogP contribution >= 0.6 is 0 Å². The van der Waals surface area contributed by atoms with E-state index in [9.17, 15) is 5.11 Å². The van der Waals surface area contributed by atoms with Crippen LogP contribution in [0.2, 0.25) is 0 Å². The van der Waals surface area contributed by atoms with Crippen molar-refractivity contribution in [3.63, 3.8) is 0 Å². The minimum Gasteiger partial charge on any atom is -0.506 e. The van der Waals surface area contributed by atoms with E-state index < -0.39 is 0 Å². The van der Waals surface area contributed by atoms with E-state index in [4.69, 9.17) is 0 Å². The van der Waals surface area contributed by atoms with E-state index in [1.807, 2.05) is 48.5 Å². The van der Waals surface area contributed by atoms with Crippen molar-refractivity contribution >= 4 is 10.9 Å². The van der Waals surface area contributed by atoms with Crippen LogP contribution in [0.3, 0.4) is 0 Å². The second-order valence-corrected chi connectivity index (χ2v) is 5.08. The van der Waals surface area contributed by atoms with Gasteiger partial charge >= 0.3 is 0 Å². The van der Waals surface area contributed by atoms with Gasteiger partial charge in [0, 0.05) is 10.9 Å².